The molecule has 0 bridgehead atoms. The molecular formula is C18H19NO. The molecule has 2 heteroatoms. The molecule has 0 heterocycles. The van der Waals surface area contributed by atoms with Crippen LogP contribution in [0.25, 0.3) is 6.08 Å². The van der Waals surface area contributed by atoms with E-state index < -0.39 is 0 Å². The van der Waals surface area contributed by atoms with Crippen molar-refractivity contribution < 1.29 is 4.79 Å². The Bertz CT molecular complexity index is 619. The van der Waals surface area contributed by atoms with E-state index in [1.807, 2.05) is 44.2 Å². The number of anilines is 1. The minimum absolute atomic E-state index is 0.104. The standard InChI is InChI=1S/C18H19NO/c1-13-9-14(2)11-16(10-13)12-18(20)8-5-15-3-6-17(19)7-4-15/h3-11H,12,19H2,1-2H3/b8-5+. The third-order valence-electron chi connectivity index (χ3n) is 3.06. The van der Waals surface area contributed by atoms with Crippen molar-refractivity contribution in [3.8, 4) is 0 Å². The van der Waals surface area contributed by atoms with E-state index in [1.54, 1.807) is 6.08 Å². The second-order valence-corrected chi connectivity index (χ2v) is 5.14. The molecule has 0 aromatic heterocycles. The molecule has 0 amide bonds. The van der Waals surface area contributed by atoms with Crippen molar-refractivity contribution in [2.24, 2.45) is 0 Å². The van der Waals surface area contributed by atoms with E-state index in [4.69, 9.17) is 5.73 Å². The summed E-state index contributed by atoms with van der Waals surface area (Å²) in [6, 6.07) is 13.7. The maximum atomic E-state index is 12.0. The Morgan fingerprint density at radius 1 is 1.05 bits per heavy atom. The quantitative estimate of drug-likeness (QED) is 0.676. The van der Waals surface area contributed by atoms with Crippen molar-refractivity contribution >= 4 is 17.5 Å². The maximum absolute atomic E-state index is 12.0. The fourth-order valence-electron chi connectivity index (χ4n) is 2.23. The summed E-state index contributed by atoms with van der Waals surface area (Å²) in [5.74, 6) is 0.104. The number of ketones is 1. The minimum Gasteiger partial charge on any atom is -0.399 e. The average molecular weight is 265 g/mol. The van der Waals surface area contributed by atoms with Crippen LogP contribution in [0.2, 0.25) is 0 Å². The lowest BCUT2D eigenvalue weighted by Crippen LogP contribution is -1.99. The number of benzene rings is 2. The van der Waals surface area contributed by atoms with Gasteiger partial charge in [0.15, 0.2) is 5.78 Å². The maximum Gasteiger partial charge on any atom is 0.160 e. The fourth-order valence-corrected chi connectivity index (χ4v) is 2.23. The van der Waals surface area contributed by atoms with Crippen molar-refractivity contribution in [3.05, 3.63) is 70.8 Å². The van der Waals surface area contributed by atoms with E-state index >= 15 is 0 Å². The second kappa shape index (κ2) is 6.20. The van der Waals surface area contributed by atoms with Crippen molar-refractivity contribution in [1.29, 1.82) is 0 Å². The summed E-state index contributed by atoms with van der Waals surface area (Å²) in [5.41, 5.74) is 10.8. The van der Waals surface area contributed by atoms with Gasteiger partial charge in [-0.15, -0.1) is 0 Å². The molecule has 20 heavy (non-hydrogen) atoms. The molecule has 2 nitrogen and oxygen atoms in total. The molecule has 102 valence electrons. The smallest absolute Gasteiger partial charge is 0.160 e. The number of nitrogen functional groups attached to an aromatic ring is 1. The van der Waals surface area contributed by atoms with Crippen molar-refractivity contribution in [3.63, 3.8) is 0 Å². The van der Waals surface area contributed by atoms with E-state index in [-0.39, 0.29) is 5.78 Å². The summed E-state index contributed by atoms with van der Waals surface area (Å²) in [6.07, 6.45) is 3.89. The van der Waals surface area contributed by atoms with E-state index in [0.29, 0.717) is 6.42 Å². The van der Waals surface area contributed by atoms with Gasteiger partial charge in [-0.1, -0.05) is 47.5 Å². The molecule has 2 aromatic rings. The largest absolute Gasteiger partial charge is 0.399 e. The Kier molecular flexibility index (Phi) is 4.36. The van der Waals surface area contributed by atoms with Gasteiger partial charge in [0.2, 0.25) is 0 Å². The predicted octanol–water partition coefficient (Wildman–Crippen LogP) is 3.71. The fraction of sp³-hybridized carbons (Fsp3) is 0.167. The second-order valence-electron chi connectivity index (χ2n) is 5.14. The van der Waals surface area contributed by atoms with Crippen LogP contribution < -0.4 is 5.73 Å². The predicted molar refractivity (Wildman–Crippen MR) is 84.5 cm³/mol. The summed E-state index contributed by atoms with van der Waals surface area (Å²) >= 11 is 0. The third kappa shape index (κ3) is 4.09. The van der Waals surface area contributed by atoms with Crippen LogP contribution in [0.3, 0.4) is 0 Å². The van der Waals surface area contributed by atoms with E-state index in [0.717, 1.165) is 16.8 Å². The van der Waals surface area contributed by atoms with E-state index in [2.05, 4.69) is 18.2 Å². The van der Waals surface area contributed by atoms with Gasteiger partial charge in [0.1, 0.15) is 0 Å². The van der Waals surface area contributed by atoms with Crippen LogP contribution >= 0.6 is 0 Å². The molecule has 0 aliphatic heterocycles. The highest BCUT2D eigenvalue weighted by Crippen LogP contribution is 2.11. The first-order chi connectivity index (χ1) is 9.52. The van der Waals surface area contributed by atoms with Crippen LogP contribution in [0.5, 0.6) is 0 Å². The van der Waals surface area contributed by atoms with Gasteiger partial charge in [-0.25, -0.2) is 0 Å². The third-order valence-corrected chi connectivity index (χ3v) is 3.06. The molecule has 0 aliphatic rings. The van der Waals surface area contributed by atoms with Gasteiger partial charge in [-0.3, -0.25) is 4.79 Å². The average Bonchev–Trinajstić information content (AvgIpc) is 2.37. The zero-order valence-corrected chi connectivity index (χ0v) is 11.9. The lowest BCUT2D eigenvalue weighted by atomic mass is 10.0. The molecule has 0 atom stereocenters. The van der Waals surface area contributed by atoms with Crippen LogP contribution in [0.4, 0.5) is 5.69 Å². The molecule has 0 unspecified atom stereocenters. The monoisotopic (exact) mass is 265 g/mol. The van der Waals surface area contributed by atoms with Gasteiger partial charge in [-0.2, -0.15) is 0 Å². The molecule has 2 rings (SSSR count). The van der Waals surface area contributed by atoms with Crippen LogP contribution in [-0.4, -0.2) is 5.78 Å². The van der Waals surface area contributed by atoms with Crippen molar-refractivity contribution in [1.82, 2.24) is 0 Å². The van der Waals surface area contributed by atoms with Gasteiger partial charge in [0.25, 0.3) is 0 Å². The molecular weight excluding hydrogens is 246 g/mol. The first-order valence-corrected chi connectivity index (χ1v) is 6.66. The van der Waals surface area contributed by atoms with Crippen LogP contribution in [0, 0.1) is 13.8 Å². The van der Waals surface area contributed by atoms with E-state index in [9.17, 15) is 4.79 Å². The summed E-state index contributed by atoms with van der Waals surface area (Å²) < 4.78 is 0. The molecule has 0 aliphatic carbocycles. The Hall–Kier alpha value is -2.35. The normalized spacial score (nSPS) is 10.9. The number of carbonyl (C=O) groups is 1. The summed E-state index contributed by atoms with van der Waals surface area (Å²) in [6.45, 7) is 4.09. The minimum atomic E-state index is 0.104. The highest BCUT2D eigenvalue weighted by Gasteiger charge is 2.01. The first kappa shape index (κ1) is 14.1. The molecule has 0 fully saturated rings. The topological polar surface area (TPSA) is 43.1 Å². The number of rotatable bonds is 4. The number of carbonyl (C=O) groups excluding carboxylic acids is 1. The molecule has 0 radical (unpaired) electrons. The van der Waals surface area contributed by atoms with Crippen molar-refractivity contribution in [2.45, 2.75) is 20.3 Å². The first-order valence-electron chi connectivity index (χ1n) is 6.66. The number of allylic oxidation sites excluding steroid dienone is 1. The van der Waals surface area contributed by atoms with Gasteiger partial charge in [-0.05, 0) is 43.2 Å². The van der Waals surface area contributed by atoms with Crippen LogP contribution in [0.15, 0.2) is 48.5 Å². The molecule has 0 saturated heterocycles. The lowest BCUT2D eigenvalue weighted by Gasteiger charge is -2.02. The molecule has 2 N–H and O–H groups in total. The Balaban J connectivity index is 2.03. The highest BCUT2D eigenvalue weighted by molar-refractivity contribution is 5.95. The van der Waals surface area contributed by atoms with Gasteiger partial charge >= 0.3 is 0 Å². The molecule has 2 aromatic carbocycles. The molecule has 0 spiro atoms. The van der Waals surface area contributed by atoms with Crippen LogP contribution in [-0.2, 0) is 11.2 Å². The SMILES string of the molecule is Cc1cc(C)cc(CC(=O)/C=C/c2ccc(N)cc2)c1. The number of hydrogen-bond donors (Lipinski definition) is 1. The summed E-state index contributed by atoms with van der Waals surface area (Å²) in [7, 11) is 0. The lowest BCUT2D eigenvalue weighted by molar-refractivity contribution is -0.113. The highest BCUT2D eigenvalue weighted by atomic mass is 16.1. The number of aryl methyl sites for hydroxylation is 2. The number of nitrogens with two attached hydrogens (primary N) is 1. The molecule has 0 saturated carbocycles. The number of hydrogen-bond acceptors (Lipinski definition) is 2. The van der Waals surface area contributed by atoms with Crippen molar-refractivity contribution in [2.75, 3.05) is 5.73 Å². The van der Waals surface area contributed by atoms with E-state index in [1.165, 1.54) is 11.1 Å². The summed E-state index contributed by atoms with van der Waals surface area (Å²) in [4.78, 5) is 12.0. The Morgan fingerprint density at radius 2 is 1.65 bits per heavy atom. The Labute approximate surface area is 119 Å². The van der Waals surface area contributed by atoms with Gasteiger partial charge in [0, 0.05) is 12.1 Å². The zero-order chi connectivity index (χ0) is 14.5. The zero-order valence-electron chi connectivity index (χ0n) is 11.9. The Morgan fingerprint density at radius 3 is 2.25 bits per heavy atom. The summed E-state index contributed by atoms with van der Waals surface area (Å²) in [5, 5.41) is 0. The van der Waals surface area contributed by atoms with Crippen LogP contribution in [0.1, 0.15) is 22.3 Å². The van der Waals surface area contributed by atoms with Gasteiger partial charge < -0.3 is 5.73 Å². The van der Waals surface area contributed by atoms with Gasteiger partial charge in [0.05, 0.1) is 0 Å².